The molecule has 27 heavy (non-hydrogen) atoms. The molecule has 0 aliphatic heterocycles. The van der Waals surface area contributed by atoms with Crippen LogP contribution < -0.4 is 10.1 Å². The van der Waals surface area contributed by atoms with Gasteiger partial charge in [-0.05, 0) is 24.3 Å². The highest BCUT2D eigenvalue weighted by Gasteiger charge is 2.31. The Bertz CT molecular complexity index is 965. The van der Waals surface area contributed by atoms with Crippen molar-refractivity contribution in [2.24, 2.45) is 0 Å². The normalized spacial score (nSPS) is 11.3. The van der Waals surface area contributed by atoms with Crippen LogP contribution in [0.2, 0.25) is 0 Å². The minimum Gasteiger partial charge on any atom is -0.497 e. The molecule has 0 aliphatic carbocycles. The molecule has 0 saturated carbocycles. The average molecular weight is 378 g/mol. The first-order valence-electron chi connectivity index (χ1n) is 7.59. The van der Waals surface area contributed by atoms with Gasteiger partial charge >= 0.3 is 12.1 Å². The fourth-order valence-corrected chi connectivity index (χ4v) is 2.32. The predicted octanol–water partition coefficient (Wildman–Crippen LogP) is 4.81. The Morgan fingerprint density at radius 3 is 2.48 bits per heavy atom. The number of anilines is 2. The summed E-state index contributed by atoms with van der Waals surface area (Å²) in [5, 5.41) is 11.6. The van der Waals surface area contributed by atoms with Crippen molar-refractivity contribution in [2.45, 2.75) is 6.18 Å². The van der Waals surface area contributed by atoms with E-state index >= 15 is 0 Å². The second kappa shape index (κ2) is 7.02. The topological polar surface area (TPSA) is 84.6 Å². The van der Waals surface area contributed by atoms with E-state index in [0.29, 0.717) is 11.3 Å². The van der Waals surface area contributed by atoms with E-state index in [1.54, 1.807) is 12.1 Å². The van der Waals surface area contributed by atoms with Crippen LogP contribution in [0, 0.1) is 0 Å². The fourth-order valence-electron chi connectivity index (χ4n) is 2.32. The first-order chi connectivity index (χ1) is 12.8. The van der Waals surface area contributed by atoms with Crippen LogP contribution in [-0.2, 0) is 6.18 Å². The Morgan fingerprint density at radius 2 is 1.89 bits per heavy atom. The highest BCUT2D eigenvalue weighted by molar-refractivity contribution is 5.88. The zero-order chi connectivity index (χ0) is 19.6. The fraction of sp³-hybridized carbons (Fsp3) is 0.111. The average Bonchev–Trinajstić information content (AvgIpc) is 3.09. The van der Waals surface area contributed by atoms with Gasteiger partial charge in [0.05, 0.1) is 24.4 Å². The lowest BCUT2D eigenvalue weighted by molar-refractivity contribution is -0.137. The van der Waals surface area contributed by atoms with E-state index in [1.165, 1.54) is 31.5 Å². The molecule has 3 aromatic rings. The maximum Gasteiger partial charge on any atom is 0.416 e. The summed E-state index contributed by atoms with van der Waals surface area (Å²) in [6.45, 7) is 0. The molecule has 0 bridgehead atoms. The number of carbonyl (C=O) groups is 1. The van der Waals surface area contributed by atoms with Gasteiger partial charge < -0.3 is 19.6 Å². The Kier molecular flexibility index (Phi) is 4.76. The lowest BCUT2D eigenvalue weighted by Crippen LogP contribution is -2.06. The number of oxazole rings is 1. The van der Waals surface area contributed by atoms with Crippen molar-refractivity contribution in [1.29, 1.82) is 0 Å². The van der Waals surface area contributed by atoms with Gasteiger partial charge in [0.2, 0.25) is 0 Å². The van der Waals surface area contributed by atoms with Crippen molar-refractivity contribution in [3.63, 3.8) is 0 Å². The van der Waals surface area contributed by atoms with Gasteiger partial charge in [0.1, 0.15) is 5.75 Å². The number of methoxy groups -OCH3 is 1. The van der Waals surface area contributed by atoms with Crippen LogP contribution in [0.1, 0.15) is 15.9 Å². The van der Waals surface area contributed by atoms with Crippen molar-refractivity contribution in [2.75, 3.05) is 12.4 Å². The minimum atomic E-state index is -4.53. The van der Waals surface area contributed by atoms with Gasteiger partial charge in [-0.3, -0.25) is 0 Å². The first kappa shape index (κ1) is 18.3. The summed E-state index contributed by atoms with van der Waals surface area (Å²) in [6, 6.07) is 9.05. The van der Waals surface area contributed by atoms with Crippen molar-refractivity contribution >= 4 is 17.7 Å². The minimum absolute atomic E-state index is 0.0197. The maximum atomic E-state index is 13.0. The molecule has 3 rings (SSSR count). The van der Waals surface area contributed by atoms with E-state index < -0.39 is 17.7 Å². The van der Waals surface area contributed by atoms with E-state index in [4.69, 9.17) is 14.3 Å². The molecule has 0 saturated heterocycles. The number of nitrogens with one attached hydrogen (secondary N) is 1. The largest absolute Gasteiger partial charge is 0.497 e. The van der Waals surface area contributed by atoms with Crippen molar-refractivity contribution in [3.05, 3.63) is 59.8 Å². The van der Waals surface area contributed by atoms with Gasteiger partial charge in [0.15, 0.2) is 5.76 Å². The molecule has 0 aliphatic rings. The summed E-state index contributed by atoms with van der Waals surface area (Å²) in [5.74, 6) is -0.697. The first-order valence-corrected chi connectivity index (χ1v) is 7.59. The van der Waals surface area contributed by atoms with Crippen molar-refractivity contribution in [1.82, 2.24) is 4.98 Å². The molecular weight excluding hydrogens is 365 g/mol. The van der Waals surface area contributed by atoms with E-state index in [2.05, 4.69) is 10.3 Å². The zero-order valence-corrected chi connectivity index (χ0v) is 13.9. The summed E-state index contributed by atoms with van der Waals surface area (Å²) >= 11 is 0. The number of rotatable bonds is 5. The summed E-state index contributed by atoms with van der Waals surface area (Å²) in [4.78, 5) is 14.8. The standard InChI is InChI=1S/C18H13F3N2O4/c1-26-14-7-12(18(19,20)21)6-13(8-14)23-17-22-9-15(27-17)10-2-4-11(5-3-10)16(24)25/h2-9H,1H3,(H,22,23)(H,24,25). The van der Waals surface area contributed by atoms with Gasteiger partial charge in [-0.15, -0.1) is 0 Å². The zero-order valence-electron chi connectivity index (χ0n) is 13.9. The molecule has 0 spiro atoms. The lowest BCUT2D eigenvalue weighted by Gasteiger charge is -2.11. The molecule has 0 fully saturated rings. The molecule has 2 aromatic carbocycles. The lowest BCUT2D eigenvalue weighted by atomic mass is 10.1. The molecule has 0 atom stereocenters. The molecule has 0 amide bonds. The Balaban J connectivity index is 1.84. The van der Waals surface area contributed by atoms with E-state index in [0.717, 1.165) is 12.1 Å². The summed E-state index contributed by atoms with van der Waals surface area (Å²) in [5.41, 5.74) is -0.0912. The number of nitrogens with zero attached hydrogens (tertiary/aromatic N) is 1. The number of aromatic nitrogens is 1. The van der Waals surface area contributed by atoms with E-state index in [9.17, 15) is 18.0 Å². The van der Waals surface area contributed by atoms with E-state index in [-0.39, 0.29) is 23.0 Å². The SMILES string of the molecule is COc1cc(Nc2ncc(-c3ccc(C(=O)O)cc3)o2)cc(C(F)(F)F)c1. The van der Waals surface area contributed by atoms with Crippen molar-refractivity contribution in [3.8, 4) is 17.1 Å². The molecule has 1 aromatic heterocycles. The maximum absolute atomic E-state index is 13.0. The molecule has 0 radical (unpaired) electrons. The molecule has 6 nitrogen and oxygen atoms in total. The number of halogens is 3. The highest BCUT2D eigenvalue weighted by Crippen LogP contribution is 2.35. The third kappa shape index (κ3) is 4.20. The Labute approximate surface area is 151 Å². The van der Waals surface area contributed by atoms with Gasteiger partial charge in [-0.1, -0.05) is 12.1 Å². The van der Waals surface area contributed by atoms with E-state index in [1.807, 2.05) is 0 Å². The molecule has 1 heterocycles. The Morgan fingerprint density at radius 1 is 1.19 bits per heavy atom. The van der Waals surface area contributed by atoms with Crippen LogP contribution >= 0.6 is 0 Å². The summed E-state index contributed by atoms with van der Waals surface area (Å²) in [7, 11) is 1.27. The number of aromatic carboxylic acids is 1. The number of hydrogen-bond acceptors (Lipinski definition) is 5. The summed E-state index contributed by atoms with van der Waals surface area (Å²) < 4.78 is 49.3. The third-order valence-electron chi connectivity index (χ3n) is 3.64. The van der Waals surface area contributed by atoms with Gasteiger partial charge in [-0.25, -0.2) is 9.78 Å². The second-order valence-corrected chi connectivity index (χ2v) is 5.49. The highest BCUT2D eigenvalue weighted by atomic mass is 19.4. The molecule has 2 N–H and O–H groups in total. The smallest absolute Gasteiger partial charge is 0.416 e. The van der Waals surface area contributed by atoms with Crippen LogP contribution in [0.25, 0.3) is 11.3 Å². The number of carboxylic acids is 1. The van der Waals surface area contributed by atoms with Crippen LogP contribution in [0.15, 0.2) is 53.1 Å². The summed E-state index contributed by atoms with van der Waals surface area (Å²) in [6.07, 6.45) is -3.15. The number of carboxylic acid groups (broad SMARTS) is 1. The molecular formula is C18H13F3N2O4. The van der Waals surface area contributed by atoms with Gasteiger partial charge in [0, 0.05) is 17.3 Å². The molecule has 140 valence electrons. The van der Waals surface area contributed by atoms with Crippen molar-refractivity contribution < 1.29 is 32.2 Å². The van der Waals surface area contributed by atoms with Crippen LogP contribution in [0.3, 0.4) is 0 Å². The van der Waals surface area contributed by atoms with Crippen LogP contribution in [0.5, 0.6) is 5.75 Å². The van der Waals surface area contributed by atoms with Gasteiger partial charge in [-0.2, -0.15) is 13.2 Å². The van der Waals surface area contributed by atoms with Gasteiger partial charge in [0.25, 0.3) is 6.01 Å². The van der Waals surface area contributed by atoms with Crippen LogP contribution in [0.4, 0.5) is 24.9 Å². The Hall–Kier alpha value is -3.49. The molecule has 9 heteroatoms. The monoisotopic (exact) mass is 378 g/mol. The molecule has 0 unspecified atom stereocenters. The van der Waals surface area contributed by atoms with Crippen LogP contribution in [-0.4, -0.2) is 23.2 Å². The predicted molar refractivity (Wildman–Crippen MR) is 90.2 cm³/mol. The number of ether oxygens (including phenoxy) is 1. The quantitative estimate of drug-likeness (QED) is 0.663. The number of benzene rings is 2. The second-order valence-electron chi connectivity index (χ2n) is 5.49. The number of alkyl halides is 3. The number of hydrogen-bond donors (Lipinski definition) is 2. The third-order valence-corrected chi connectivity index (χ3v) is 3.64.